The van der Waals surface area contributed by atoms with Crippen LogP contribution in [0.15, 0.2) is 36.7 Å². The topological polar surface area (TPSA) is 54.0 Å². The highest BCUT2D eigenvalue weighted by atomic mass is 16.2. The molecular weight excluding hydrogens is 250 g/mol. The molecular formula is C16H19N3O. The number of carbonyl (C=O) groups excluding carboxylic acids is 1. The van der Waals surface area contributed by atoms with Crippen LogP contribution in [0.4, 0.5) is 0 Å². The Bertz CT molecular complexity index is 607. The number of pyridine rings is 1. The molecule has 1 aliphatic rings. The van der Waals surface area contributed by atoms with Gasteiger partial charge in [-0.1, -0.05) is 12.1 Å². The van der Waals surface area contributed by atoms with Crippen molar-refractivity contribution < 1.29 is 4.79 Å². The molecule has 2 aromatic rings. The Morgan fingerprint density at radius 2 is 2.10 bits per heavy atom. The average molecular weight is 269 g/mol. The fourth-order valence-corrected chi connectivity index (χ4v) is 2.24. The van der Waals surface area contributed by atoms with Crippen molar-refractivity contribution in [2.45, 2.75) is 19.4 Å². The third kappa shape index (κ3) is 3.33. The molecule has 0 bridgehead atoms. The van der Waals surface area contributed by atoms with Crippen LogP contribution in [0.3, 0.4) is 0 Å². The first-order valence-electron chi connectivity index (χ1n) is 7.14. The molecule has 20 heavy (non-hydrogen) atoms. The number of benzene rings is 1. The smallest absolute Gasteiger partial charge is 0.223 e. The molecule has 1 amide bonds. The second-order valence-corrected chi connectivity index (χ2v) is 5.30. The summed E-state index contributed by atoms with van der Waals surface area (Å²) in [5.74, 6) is 0.508. The standard InChI is InChI=1S/C16H19N3O/c20-16(13-3-4-13)19-8-7-18-10-12-1-2-15-11-17-6-5-14(15)9-12/h1-2,5-6,9,11,13,18H,3-4,7-8,10H2,(H,19,20). The summed E-state index contributed by atoms with van der Waals surface area (Å²) in [6.07, 6.45) is 5.81. The zero-order valence-corrected chi connectivity index (χ0v) is 11.4. The van der Waals surface area contributed by atoms with Gasteiger partial charge in [-0.05, 0) is 35.9 Å². The summed E-state index contributed by atoms with van der Waals surface area (Å²) in [7, 11) is 0. The number of hydrogen-bond donors (Lipinski definition) is 2. The summed E-state index contributed by atoms with van der Waals surface area (Å²) in [6.45, 7) is 2.32. The summed E-state index contributed by atoms with van der Waals surface area (Å²) in [6, 6.07) is 8.40. The van der Waals surface area contributed by atoms with E-state index in [0.29, 0.717) is 12.5 Å². The van der Waals surface area contributed by atoms with Crippen molar-refractivity contribution in [2.24, 2.45) is 5.92 Å². The van der Waals surface area contributed by atoms with Gasteiger partial charge in [-0.15, -0.1) is 0 Å². The van der Waals surface area contributed by atoms with E-state index in [0.717, 1.165) is 31.3 Å². The van der Waals surface area contributed by atoms with Crippen molar-refractivity contribution >= 4 is 16.7 Å². The quantitative estimate of drug-likeness (QED) is 0.787. The van der Waals surface area contributed by atoms with E-state index in [-0.39, 0.29) is 5.91 Å². The SMILES string of the molecule is O=C(NCCNCc1ccc2cnccc2c1)C1CC1. The van der Waals surface area contributed by atoms with Gasteiger partial charge in [0.05, 0.1) is 0 Å². The lowest BCUT2D eigenvalue weighted by Gasteiger charge is -2.07. The van der Waals surface area contributed by atoms with Crippen LogP contribution in [-0.2, 0) is 11.3 Å². The maximum absolute atomic E-state index is 11.4. The maximum Gasteiger partial charge on any atom is 0.223 e. The molecule has 0 atom stereocenters. The summed E-state index contributed by atoms with van der Waals surface area (Å²) in [5.41, 5.74) is 1.25. The fraction of sp³-hybridized carbons (Fsp3) is 0.375. The third-order valence-corrected chi connectivity index (χ3v) is 3.58. The molecule has 1 aromatic carbocycles. The molecule has 2 N–H and O–H groups in total. The van der Waals surface area contributed by atoms with Crippen LogP contribution in [0.2, 0.25) is 0 Å². The van der Waals surface area contributed by atoms with E-state index < -0.39 is 0 Å². The lowest BCUT2D eigenvalue weighted by Crippen LogP contribution is -2.32. The van der Waals surface area contributed by atoms with E-state index in [4.69, 9.17) is 0 Å². The minimum absolute atomic E-state index is 0.213. The second kappa shape index (κ2) is 6.01. The highest BCUT2D eigenvalue weighted by molar-refractivity contribution is 5.82. The fourth-order valence-electron chi connectivity index (χ4n) is 2.24. The predicted molar refractivity (Wildman–Crippen MR) is 79.2 cm³/mol. The summed E-state index contributed by atoms with van der Waals surface area (Å²) >= 11 is 0. The van der Waals surface area contributed by atoms with Crippen LogP contribution in [0, 0.1) is 5.92 Å². The number of nitrogens with one attached hydrogen (secondary N) is 2. The molecule has 0 saturated heterocycles. The number of rotatable bonds is 6. The Morgan fingerprint density at radius 1 is 1.20 bits per heavy atom. The Kier molecular flexibility index (Phi) is 3.92. The second-order valence-electron chi connectivity index (χ2n) is 5.30. The van der Waals surface area contributed by atoms with Gasteiger partial charge in [0.1, 0.15) is 0 Å². The molecule has 3 rings (SSSR count). The van der Waals surface area contributed by atoms with Gasteiger partial charge >= 0.3 is 0 Å². The minimum atomic E-state index is 0.213. The van der Waals surface area contributed by atoms with Crippen LogP contribution >= 0.6 is 0 Å². The van der Waals surface area contributed by atoms with Gasteiger partial charge in [-0.3, -0.25) is 9.78 Å². The molecule has 4 heteroatoms. The van der Waals surface area contributed by atoms with Gasteiger partial charge in [-0.2, -0.15) is 0 Å². The van der Waals surface area contributed by atoms with E-state index in [1.165, 1.54) is 10.9 Å². The Hall–Kier alpha value is -1.94. The van der Waals surface area contributed by atoms with Gasteiger partial charge in [0, 0.05) is 43.3 Å². The zero-order chi connectivity index (χ0) is 13.8. The van der Waals surface area contributed by atoms with Gasteiger partial charge in [0.2, 0.25) is 5.91 Å². The van der Waals surface area contributed by atoms with Crippen molar-refractivity contribution in [3.05, 3.63) is 42.2 Å². The van der Waals surface area contributed by atoms with Crippen LogP contribution < -0.4 is 10.6 Å². The highest BCUT2D eigenvalue weighted by Gasteiger charge is 2.28. The van der Waals surface area contributed by atoms with E-state index in [1.807, 2.05) is 18.5 Å². The van der Waals surface area contributed by atoms with Crippen LogP contribution in [0.25, 0.3) is 10.8 Å². The molecule has 104 valence electrons. The first-order chi connectivity index (χ1) is 9.83. The van der Waals surface area contributed by atoms with Crippen molar-refractivity contribution in [3.63, 3.8) is 0 Å². The minimum Gasteiger partial charge on any atom is -0.355 e. The summed E-state index contributed by atoms with van der Waals surface area (Å²) in [5, 5.41) is 8.67. The molecule has 0 radical (unpaired) electrons. The number of aromatic nitrogens is 1. The highest BCUT2D eigenvalue weighted by Crippen LogP contribution is 2.28. The number of carbonyl (C=O) groups is 1. The molecule has 1 heterocycles. The lowest BCUT2D eigenvalue weighted by molar-refractivity contribution is -0.122. The van der Waals surface area contributed by atoms with E-state index >= 15 is 0 Å². The molecule has 1 saturated carbocycles. The molecule has 1 aromatic heterocycles. The largest absolute Gasteiger partial charge is 0.355 e. The normalized spacial score (nSPS) is 14.4. The van der Waals surface area contributed by atoms with Gasteiger partial charge in [0.15, 0.2) is 0 Å². The van der Waals surface area contributed by atoms with Crippen molar-refractivity contribution in [3.8, 4) is 0 Å². The van der Waals surface area contributed by atoms with Gasteiger partial charge < -0.3 is 10.6 Å². The molecule has 1 fully saturated rings. The number of amides is 1. The predicted octanol–water partition coefficient (Wildman–Crippen LogP) is 1.85. The third-order valence-electron chi connectivity index (χ3n) is 3.58. The van der Waals surface area contributed by atoms with Gasteiger partial charge in [0.25, 0.3) is 0 Å². The van der Waals surface area contributed by atoms with Crippen molar-refractivity contribution in [1.82, 2.24) is 15.6 Å². The van der Waals surface area contributed by atoms with Crippen LogP contribution in [0.5, 0.6) is 0 Å². The Labute approximate surface area is 118 Å². The monoisotopic (exact) mass is 269 g/mol. The van der Waals surface area contributed by atoms with Crippen LogP contribution in [0.1, 0.15) is 18.4 Å². The summed E-state index contributed by atoms with van der Waals surface area (Å²) in [4.78, 5) is 15.5. The number of fused-ring (bicyclic) bond motifs is 1. The van der Waals surface area contributed by atoms with Gasteiger partial charge in [-0.25, -0.2) is 0 Å². The zero-order valence-electron chi connectivity index (χ0n) is 11.4. The lowest BCUT2D eigenvalue weighted by atomic mass is 10.1. The van der Waals surface area contributed by atoms with Crippen molar-refractivity contribution in [1.29, 1.82) is 0 Å². The molecule has 4 nitrogen and oxygen atoms in total. The number of nitrogens with zero attached hydrogens (tertiary/aromatic N) is 1. The average Bonchev–Trinajstić information content (AvgIpc) is 3.31. The first-order valence-corrected chi connectivity index (χ1v) is 7.14. The van der Waals surface area contributed by atoms with Crippen molar-refractivity contribution in [2.75, 3.05) is 13.1 Å². The molecule has 0 unspecified atom stereocenters. The van der Waals surface area contributed by atoms with E-state index in [1.54, 1.807) is 0 Å². The van der Waals surface area contributed by atoms with E-state index in [2.05, 4.69) is 33.8 Å². The molecule has 1 aliphatic carbocycles. The maximum atomic E-state index is 11.4. The molecule has 0 spiro atoms. The molecule has 0 aliphatic heterocycles. The Balaban J connectivity index is 1.43. The Morgan fingerprint density at radius 3 is 2.95 bits per heavy atom. The van der Waals surface area contributed by atoms with E-state index in [9.17, 15) is 4.79 Å². The summed E-state index contributed by atoms with van der Waals surface area (Å²) < 4.78 is 0. The number of hydrogen-bond acceptors (Lipinski definition) is 3. The van der Waals surface area contributed by atoms with Crippen LogP contribution in [-0.4, -0.2) is 24.0 Å². The first kappa shape index (κ1) is 13.1.